The van der Waals surface area contributed by atoms with Gasteiger partial charge in [0, 0.05) is 17.7 Å². The van der Waals surface area contributed by atoms with Gasteiger partial charge in [0.05, 0.1) is 16.6 Å². The molecule has 0 atom stereocenters. The minimum Gasteiger partial charge on any atom is -0.349 e. The average Bonchev–Trinajstić information content (AvgIpc) is 3.32. The van der Waals surface area contributed by atoms with E-state index in [-0.39, 0.29) is 5.91 Å². The van der Waals surface area contributed by atoms with E-state index in [1.807, 2.05) is 13.0 Å². The lowest BCUT2D eigenvalue weighted by Crippen LogP contribution is -2.36. The van der Waals surface area contributed by atoms with Crippen molar-refractivity contribution in [3.8, 4) is 0 Å². The maximum atomic E-state index is 12.8. The molecule has 22 heavy (non-hydrogen) atoms. The number of nitrogens with zero attached hydrogens (tertiary/aromatic N) is 2. The molecule has 5 nitrogen and oxygen atoms in total. The van der Waals surface area contributed by atoms with E-state index in [0.29, 0.717) is 23.2 Å². The summed E-state index contributed by atoms with van der Waals surface area (Å²) in [7, 11) is 0. The molecular weight excluding hydrogens is 278 g/mol. The third-order valence-electron chi connectivity index (χ3n) is 4.82. The molecule has 2 saturated carbocycles. The van der Waals surface area contributed by atoms with Gasteiger partial charge in [-0.3, -0.25) is 4.79 Å². The van der Waals surface area contributed by atoms with Gasteiger partial charge in [-0.15, -0.1) is 0 Å². The van der Waals surface area contributed by atoms with Gasteiger partial charge in [-0.2, -0.15) is 0 Å². The highest BCUT2D eigenvalue weighted by Crippen LogP contribution is 2.40. The molecule has 5 heteroatoms. The number of rotatable bonds is 3. The van der Waals surface area contributed by atoms with Gasteiger partial charge in [0.1, 0.15) is 0 Å². The lowest BCUT2D eigenvalue weighted by atomic mass is 9.95. The maximum Gasteiger partial charge on any atom is 0.259 e. The van der Waals surface area contributed by atoms with Gasteiger partial charge in [0.25, 0.3) is 11.6 Å². The Hall–Kier alpha value is -1.91. The molecule has 0 unspecified atom stereocenters. The Balaban J connectivity index is 1.68. The van der Waals surface area contributed by atoms with E-state index in [4.69, 9.17) is 4.52 Å². The second kappa shape index (κ2) is 5.38. The third-order valence-corrected chi connectivity index (χ3v) is 4.82. The quantitative estimate of drug-likeness (QED) is 0.942. The summed E-state index contributed by atoms with van der Waals surface area (Å²) in [4.78, 5) is 17.3. The van der Waals surface area contributed by atoms with E-state index in [0.717, 1.165) is 42.5 Å². The van der Waals surface area contributed by atoms with Crippen molar-refractivity contribution in [1.29, 1.82) is 0 Å². The van der Waals surface area contributed by atoms with Crippen LogP contribution in [0.1, 0.15) is 72.6 Å². The first kappa shape index (κ1) is 13.7. The molecule has 2 aromatic rings. The Morgan fingerprint density at radius 1 is 1.23 bits per heavy atom. The molecule has 2 aromatic heterocycles. The zero-order valence-electron chi connectivity index (χ0n) is 12.9. The van der Waals surface area contributed by atoms with Crippen LogP contribution in [-0.4, -0.2) is 22.1 Å². The predicted molar refractivity (Wildman–Crippen MR) is 82.9 cm³/mol. The molecule has 2 heterocycles. The SMILES string of the molecule is Cc1noc2nc(C3CC3)cc(C(=O)NC3CCCCC3)c12. The van der Waals surface area contributed by atoms with Gasteiger partial charge in [0.2, 0.25) is 0 Å². The number of hydrogen-bond donors (Lipinski definition) is 1. The summed E-state index contributed by atoms with van der Waals surface area (Å²) in [6, 6.07) is 2.25. The van der Waals surface area contributed by atoms with Gasteiger partial charge < -0.3 is 9.84 Å². The first-order valence-electron chi connectivity index (χ1n) is 8.30. The van der Waals surface area contributed by atoms with Crippen molar-refractivity contribution in [2.75, 3.05) is 0 Å². The van der Waals surface area contributed by atoms with Crippen LogP contribution in [0, 0.1) is 6.92 Å². The van der Waals surface area contributed by atoms with Crippen molar-refractivity contribution >= 4 is 17.0 Å². The summed E-state index contributed by atoms with van der Waals surface area (Å²) >= 11 is 0. The van der Waals surface area contributed by atoms with Gasteiger partial charge >= 0.3 is 0 Å². The number of aryl methyl sites for hydroxylation is 1. The van der Waals surface area contributed by atoms with E-state index in [1.165, 1.54) is 19.3 Å². The monoisotopic (exact) mass is 299 g/mol. The highest BCUT2D eigenvalue weighted by atomic mass is 16.5. The molecular formula is C17H21N3O2. The molecule has 0 bridgehead atoms. The number of carbonyl (C=O) groups is 1. The van der Waals surface area contributed by atoms with Crippen molar-refractivity contribution in [1.82, 2.24) is 15.5 Å². The molecule has 116 valence electrons. The predicted octanol–water partition coefficient (Wildman–Crippen LogP) is 3.47. The molecule has 0 saturated heterocycles. The minimum absolute atomic E-state index is 0.00694. The summed E-state index contributed by atoms with van der Waals surface area (Å²) in [5.41, 5.74) is 2.88. The van der Waals surface area contributed by atoms with Crippen molar-refractivity contribution in [3.63, 3.8) is 0 Å². The number of carbonyl (C=O) groups excluding carboxylic acids is 1. The zero-order valence-corrected chi connectivity index (χ0v) is 12.9. The van der Waals surface area contributed by atoms with Gasteiger partial charge in [-0.25, -0.2) is 4.98 Å². The number of fused-ring (bicyclic) bond motifs is 1. The van der Waals surface area contributed by atoms with Crippen LogP contribution < -0.4 is 5.32 Å². The Labute approximate surface area is 129 Å². The average molecular weight is 299 g/mol. The second-order valence-electron chi connectivity index (χ2n) is 6.63. The van der Waals surface area contributed by atoms with Crippen LogP contribution in [0.4, 0.5) is 0 Å². The molecule has 2 aliphatic rings. The van der Waals surface area contributed by atoms with E-state index in [1.54, 1.807) is 0 Å². The van der Waals surface area contributed by atoms with Gasteiger partial charge in [-0.05, 0) is 38.7 Å². The fourth-order valence-corrected chi connectivity index (χ4v) is 3.39. The van der Waals surface area contributed by atoms with Crippen LogP contribution in [0.15, 0.2) is 10.6 Å². The number of pyridine rings is 1. The maximum absolute atomic E-state index is 12.8. The number of aromatic nitrogens is 2. The van der Waals surface area contributed by atoms with E-state index in [9.17, 15) is 4.79 Å². The smallest absolute Gasteiger partial charge is 0.259 e. The number of nitrogens with one attached hydrogen (secondary N) is 1. The Morgan fingerprint density at radius 2 is 2.00 bits per heavy atom. The first-order valence-corrected chi connectivity index (χ1v) is 8.30. The molecule has 0 aromatic carbocycles. The number of hydrogen-bond acceptors (Lipinski definition) is 4. The Bertz CT molecular complexity index is 712. The second-order valence-corrected chi connectivity index (χ2v) is 6.63. The normalized spacial score (nSPS) is 19.5. The summed E-state index contributed by atoms with van der Waals surface area (Å²) in [6.07, 6.45) is 8.15. The Kier molecular flexibility index (Phi) is 3.36. The molecule has 0 aliphatic heterocycles. The van der Waals surface area contributed by atoms with Gasteiger partial charge in [0.15, 0.2) is 0 Å². The fraction of sp³-hybridized carbons (Fsp3) is 0.588. The molecule has 2 fully saturated rings. The van der Waals surface area contributed by atoms with E-state index in [2.05, 4.69) is 15.5 Å². The fourth-order valence-electron chi connectivity index (χ4n) is 3.39. The summed E-state index contributed by atoms with van der Waals surface area (Å²) < 4.78 is 5.31. The largest absolute Gasteiger partial charge is 0.349 e. The highest BCUT2D eigenvalue weighted by molar-refractivity contribution is 6.06. The van der Waals surface area contributed by atoms with Crippen molar-refractivity contribution in [2.45, 2.75) is 63.8 Å². The van der Waals surface area contributed by atoms with E-state index >= 15 is 0 Å². The molecule has 4 rings (SSSR count). The molecule has 0 spiro atoms. The minimum atomic E-state index is -0.00694. The molecule has 0 radical (unpaired) electrons. The van der Waals surface area contributed by atoms with Crippen LogP contribution >= 0.6 is 0 Å². The first-order chi connectivity index (χ1) is 10.7. The molecule has 1 amide bonds. The Morgan fingerprint density at radius 3 is 2.73 bits per heavy atom. The lowest BCUT2D eigenvalue weighted by molar-refractivity contribution is 0.0929. The van der Waals surface area contributed by atoms with Crippen LogP contribution in [0.5, 0.6) is 0 Å². The standard InChI is InChI=1S/C17H21N3O2/c1-10-15-13(16(21)18-12-5-3-2-4-6-12)9-14(11-7-8-11)19-17(15)22-20-10/h9,11-12H,2-8H2,1H3,(H,18,21). The molecule has 1 N–H and O–H groups in total. The zero-order chi connectivity index (χ0) is 15.1. The summed E-state index contributed by atoms with van der Waals surface area (Å²) in [5, 5.41) is 7.95. The topological polar surface area (TPSA) is 68.0 Å². The molecule has 2 aliphatic carbocycles. The highest BCUT2D eigenvalue weighted by Gasteiger charge is 2.29. The van der Waals surface area contributed by atoms with Crippen LogP contribution in [0.25, 0.3) is 11.1 Å². The third kappa shape index (κ3) is 2.49. The van der Waals surface area contributed by atoms with Crippen molar-refractivity contribution in [2.24, 2.45) is 0 Å². The lowest BCUT2D eigenvalue weighted by Gasteiger charge is -2.23. The van der Waals surface area contributed by atoms with Crippen LogP contribution in [0.3, 0.4) is 0 Å². The van der Waals surface area contributed by atoms with Gasteiger partial charge in [-0.1, -0.05) is 24.4 Å². The van der Waals surface area contributed by atoms with Crippen molar-refractivity contribution in [3.05, 3.63) is 23.0 Å². The summed E-state index contributed by atoms with van der Waals surface area (Å²) in [6.45, 7) is 1.86. The number of amides is 1. The van der Waals surface area contributed by atoms with E-state index < -0.39 is 0 Å². The summed E-state index contributed by atoms with van der Waals surface area (Å²) in [5.74, 6) is 0.475. The van der Waals surface area contributed by atoms with Crippen LogP contribution in [-0.2, 0) is 0 Å². The van der Waals surface area contributed by atoms with Crippen LogP contribution in [0.2, 0.25) is 0 Å². The van der Waals surface area contributed by atoms with Crippen molar-refractivity contribution < 1.29 is 9.32 Å².